The largest absolute Gasteiger partial charge is 0.370 e. The van der Waals surface area contributed by atoms with E-state index in [0.717, 1.165) is 10.5 Å². The maximum absolute atomic E-state index is 13.9. The van der Waals surface area contributed by atoms with Crippen LogP contribution < -0.4 is 10.3 Å². The van der Waals surface area contributed by atoms with Gasteiger partial charge >= 0.3 is 0 Å². The van der Waals surface area contributed by atoms with Crippen LogP contribution in [0.5, 0.6) is 0 Å². The molecule has 1 aliphatic rings. The number of hydrazone groups is 1. The summed E-state index contributed by atoms with van der Waals surface area (Å²) in [5.74, 6) is -10.2. The number of ether oxygens (including phenoxy) is 1. The molecule has 28 heavy (non-hydrogen) atoms. The van der Waals surface area contributed by atoms with Crippen molar-refractivity contribution < 1.29 is 31.6 Å². The van der Waals surface area contributed by atoms with Gasteiger partial charge in [-0.15, -0.1) is 0 Å². The zero-order chi connectivity index (χ0) is 20.3. The summed E-state index contributed by atoms with van der Waals surface area (Å²) in [6, 6.07) is 9.09. The van der Waals surface area contributed by atoms with E-state index >= 15 is 0 Å². The van der Waals surface area contributed by atoms with Crippen molar-refractivity contribution >= 4 is 11.4 Å². The fourth-order valence-corrected chi connectivity index (χ4v) is 3.25. The Hall–Kier alpha value is -2.52. The number of benzene rings is 2. The molecule has 2 N–H and O–H groups in total. The SMILES string of the molecule is C/C(=N/Nc1c(F)c(F)c(F)c(F)c1F)[C@H](c1ccccc1)[NH+]1CCOCC1. The van der Waals surface area contributed by atoms with E-state index in [4.69, 9.17) is 4.74 Å². The Morgan fingerprint density at radius 2 is 1.46 bits per heavy atom. The topological polar surface area (TPSA) is 38.1 Å². The Bertz CT molecular complexity index is 841. The molecule has 0 radical (unpaired) electrons. The van der Waals surface area contributed by atoms with Gasteiger partial charge in [0.15, 0.2) is 29.3 Å². The van der Waals surface area contributed by atoms with E-state index in [9.17, 15) is 22.0 Å². The summed E-state index contributed by atoms with van der Waals surface area (Å²) in [5.41, 5.74) is 2.20. The third-order valence-corrected chi connectivity index (χ3v) is 4.65. The van der Waals surface area contributed by atoms with Gasteiger partial charge in [0.1, 0.15) is 18.8 Å². The molecule has 0 spiro atoms. The second kappa shape index (κ2) is 8.66. The fraction of sp³-hybridized carbons (Fsp3) is 0.316. The lowest BCUT2D eigenvalue weighted by Gasteiger charge is -2.31. The van der Waals surface area contributed by atoms with Gasteiger partial charge in [0, 0.05) is 5.56 Å². The van der Waals surface area contributed by atoms with E-state index in [1.807, 2.05) is 35.8 Å². The maximum Gasteiger partial charge on any atom is 0.200 e. The highest BCUT2D eigenvalue weighted by Gasteiger charge is 2.30. The Kier molecular flexibility index (Phi) is 6.25. The Labute approximate surface area is 158 Å². The third-order valence-electron chi connectivity index (χ3n) is 4.65. The molecule has 3 rings (SSSR count). The molecule has 2 aromatic rings. The van der Waals surface area contributed by atoms with Crippen LogP contribution in [-0.2, 0) is 4.74 Å². The first-order chi connectivity index (χ1) is 13.4. The van der Waals surface area contributed by atoms with E-state index in [1.165, 1.54) is 0 Å². The Morgan fingerprint density at radius 3 is 2.04 bits per heavy atom. The first kappa shape index (κ1) is 20.2. The smallest absolute Gasteiger partial charge is 0.200 e. The van der Waals surface area contributed by atoms with Crippen LogP contribution >= 0.6 is 0 Å². The van der Waals surface area contributed by atoms with Gasteiger partial charge in [-0.05, 0) is 6.92 Å². The zero-order valence-electron chi connectivity index (χ0n) is 15.0. The predicted molar refractivity (Wildman–Crippen MR) is 93.7 cm³/mol. The summed E-state index contributed by atoms with van der Waals surface area (Å²) in [6.45, 7) is 4.12. The van der Waals surface area contributed by atoms with Gasteiger partial charge in [0.25, 0.3) is 0 Å². The monoisotopic (exact) mass is 400 g/mol. The van der Waals surface area contributed by atoms with Crippen LogP contribution in [0, 0.1) is 29.1 Å². The number of halogens is 5. The summed E-state index contributed by atoms with van der Waals surface area (Å²) >= 11 is 0. The van der Waals surface area contributed by atoms with Crippen LogP contribution in [0.4, 0.5) is 27.6 Å². The molecule has 0 bridgehead atoms. The number of rotatable bonds is 5. The lowest BCUT2D eigenvalue weighted by atomic mass is 10.0. The quantitative estimate of drug-likeness (QED) is 0.266. The molecule has 150 valence electrons. The van der Waals surface area contributed by atoms with Gasteiger partial charge in [-0.2, -0.15) is 5.10 Å². The van der Waals surface area contributed by atoms with Crippen molar-refractivity contribution in [3.05, 3.63) is 65.0 Å². The van der Waals surface area contributed by atoms with Crippen molar-refractivity contribution in [2.45, 2.75) is 13.0 Å². The van der Waals surface area contributed by atoms with E-state index in [-0.39, 0.29) is 6.04 Å². The number of hydrogen-bond donors (Lipinski definition) is 2. The average Bonchev–Trinajstić information content (AvgIpc) is 2.72. The first-order valence-electron chi connectivity index (χ1n) is 8.70. The van der Waals surface area contributed by atoms with Crippen molar-refractivity contribution in [3.63, 3.8) is 0 Å². The molecule has 0 amide bonds. The van der Waals surface area contributed by atoms with Gasteiger partial charge in [0.2, 0.25) is 5.82 Å². The normalized spacial score (nSPS) is 16.9. The minimum absolute atomic E-state index is 0.265. The first-order valence-corrected chi connectivity index (χ1v) is 8.70. The lowest BCUT2D eigenvalue weighted by molar-refractivity contribution is -0.928. The van der Waals surface area contributed by atoms with Crippen molar-refractivity contribution in [3.8, 4) is 0 Å². The van der Waals surface area contributed by atoms with Crippen LogP contribution in [0.25, 0.3) is 0 Å². The highest BCUT2D eigenvalue weighted by molar-refractivity contribution is 5.87. The maximum atomic E-state index is 13.9. The highest BCUT2D eigenvalue weighted by Crippen LogP contribution is 2.27. The molecular formula is C19H19F5N3O+. The molecular weight excluding hydrogens is 381 g/mol. The second-order valence-electron chi connectivity index (χ2n) is 6.42. The number of nitrogens with zero attached hydrogens (tertiary/aromatic N) is 1. The third kappa shape index (κ3) is 4.00. The van der Waals surface area contributed by atoms with E-state index in [2.05, 4.69) is 5.10 Å². The molecule has 1 heterocycles. The fourth-order valence-electron chi connectivity index (χ4n) is 3.25. The highest BCUT2D eigenvalue weighted by atomic mass is 19.2. The molecule has 0 unspecified atom stereocenters. The molecule has 0 aromatic heterocycles. The predicted octanol–water partition coefficient (Wildman–Crippen LogP) is 2.83. The van der Waals surface area contributed by atoms with Crippen molar-refractivity contribution in [2.75, 3.05) is 31.7 Å². The van der Waals surface area contributed by atoms with E-state index in [1.54, 1.807) is 6.92 Å². The molecule has 9 heteroatoms. The summed E-state index contributed by atoms with van der Waals surface area (Å²) < 4.78 is 73.0. The molecule has 0 aliphatic carbocycles. The number of hydrogen-bond acceptors (Lipinski definition) is 3. The second-order valence-corrected chi connectivity index (χ2v) is 6.42. The van der Waals surface area contributed by atoms with E-state index in [0.29, 0.717) is 32.0 Å². The van der Waals surface area contributed by atoms with Gasteiger partial charge in [-0.3, -0.25) is 5.43 Å². The summed E-state index contributed by atoms with van der Waals surface area (Å²) in [6.07, 6.45) is 0. The van der Waals surface area contributed by atoms with Crippen LogP contribution in [0.2, 0.25) is 0 Å². The van der Waals surface area contributed by atoms with Crippen LogP contribution in [0.3, 0.4) is 0 Å². The van der Waals surface area contributed by atoms with Crippen LogP contribution in [0.1, 0.15) is 18.5 Å². The van der Waals surface area contributed by atoms with Gasteiger partial charge in [-0.25, -0.2) is 22.0 Å². The standard InChI is InChI=1S/C19H18F5N3O/c1-11(25-26-18-16(23)14(21)13(20)15(22)17(18)24)19(12-5-3-2-4-6-12)27-7-9-28-10-8-27/h2-6,19,26H,7-10H2,1H3/p+1/b25-11-/t19-/m1/s1. The zero-order valence-corrected chi connectivity index (χ0v) is 15.0. The van der Waals surface area contributed by atoms with Gasteiger partial charge in [0.05, 0.1) is 18.9 Å². The lowest BCUT2D eigenvalue weighted by Crippen LogP contribution is -3.15. The van der Waals surface area contributed by atoms with Crippen molar-refractivity contribution in [2.24, 2.45) is 5.10 Å². The number of morpholine rings is 1. The molecule has 4 nitrogen and oxygen atoms in total. The Morgan fingerprint density at radius 1 is 0.929 bits per heavy atom. The molecule has 1 atom stereocenters. The van der Waals surface area contributed by atoms with Crippen molar-refractivity contribution in [1.82, 2.24) is 0 Å². The van der Waals surface area contributed by atoms with E-state index < -0.39 is 34.8 Å². The minimum Gasteiger partial charge on any atom is -0.370 e. The van der Waals surface area contributed by atoms with Gasteiger partial charge < -0.3 is 9.64 Å². The average molecular weight is 400 g/mol. The molecule has 1 aliphatic heterocycles. The van der Waals surface area contributed by atoms with Crippen LogP contribution in [0.15, 0.2) is 35.4 Å². The molecule has 0 saturated carbocycles. The van der Waals surface area contributed by atoms with Crippen LogP contribution in [-0.4, -0.2) is 32.0 Å². The summed E-state index contributed by atoms with van der Waals surface area (Å²) in [5, 5.41) is 3.95. The summed E-state index contributed by atoms with van der Waals surface area (Å²) in [7, 11) is 0. The number of anilines is 1. The minimum atomic E-state index is -2.21. The molecule has 1 saturated heterocycles. The number of quaternary nitrogens is 1. The molecule has 2 aromatic carbocycles. The number of nitrogens with one attached hydrogen (secondary N) is 2. The van der Waals surface area contributed by atoms with Gasteiger partial charge in [-0.1, -0.05) is 30.3 Å². The molecule has 1 fully saturated rings. The van der Waals surface area contributed by atoms with Crippen molar-refractivity contribution in [1.29, 1.82) is 0 Å². The Balaban J connectivity index is 1.93. The summed E-state index contributed by atoms with van der Waals surface area (Å²) in [4.78, 5) is 1.12.